The van der Waals surface area contributed by atoms with E-state index in [1.54, 1.807) is 6.07 Å². The summed E-state index contributed by atoms with van der Waals surface area (Å²) in [5, 5.41) is 8.83. The van der Waals surface area contributed by atoms with Crippen LogP contribution in [0.1, 0.15) is 28.5 Å². The highest BCUT2D eigenvalue weighted by Gasteiger charge is 2.22. The van der Waals surface area contributed by atoms with Crippen LogP contribution in [0.25, 0.3) is 0 Å². The van der Waals surface area contributed by atoms with Crippen LogP contribution in [0.2, 0.25) is 0 Å². The number of carboxylic acids is 1. The number of pyridine rings is 1. The standard InChI is InChI=1S/C11H14N2O2.H2O/c1-13-6-5-8(7-13)9-3-2-4-10(12-9)11(14)15;/h2-4,8H,5-7H2,1H3,(H,14,15);1H2. The molecule has 1 aliphatic heterocycles. The fraction of sp³-hybridized carbons (Fsp3) is 0.455. The molecular weight excluding hydrogens is 208 g/mol. The molecule has 2 rings (SSSR count). The quantitative estimate of drug-likeness (QED) is 0.786. The third-order valence-electron chi connectivity index (χ3n) is 2.80. The van der Waals surface area contributed by atoms with Crippen LogP contribution in [0.15, 0.2) is 18.2 Å². The number of carbonyl (C=O) groups is 1. The van der Waals surface area contributed by atoms with Gasteiger partial charge in [0.15, 0.2) is 0 Å². The van der Waals surface area contributed by atoms with E-state index in [2.05, 4.69) is 16.9 Å². The van der Waals surface area contributed by atoms with Crippen molar-refractivity contribution in [3.05, 3.63) is 29.6 Å². The molecule has 1 aromatic heterocycles. The molecule has 1 fully saturated rings. The predicted molar refractivity (Wildman–Crippen MR) is 59.7 cm³/mol. The lowest BCUT2D eigenvalue weighted by molar-refractivity contribution is 0.0690. The number of likely N-dealkylation sites (N-methyl/N-ethyl adjacent to an activating group) is 1. The molecule has 0 bridgehead atoms. The molecule has 1 unspecified atom stereocenters. The Kier molecular flexibility index (Phi) is 3.98. The molecule has 1 atom stereocenters. The Morgan fingerprint density at radius 2 is 2.31 bits per heavy atom. The number of nitrogens with zero attached hydrogens (tertiary/aromatic N) is 2. The normalized spacial score (nSPS) is 20.4. The maximum atomic E-state index is 10.8. The number of aromatic carboxylic acids is 1. The number of carboxylic acid groups (broad SMARTS) is 1. The molecule has 88 valence electrons. The Balaban J connectivity index is 0.00000128. The SMILES string of the molecule is CN1CCC(c2cccc(C(=O)O)n2)C1.O. The van der Waals surface area contributed by atoms with E-state index in [4.69, 9.17) is 5.11 Å². The van der Waals surface area contributed by atoms with E-state index in [1.807, 2.05) is 6.07 Å². The second kappa shape index (κ2) is 5.05. The summed E-state index contributed by atoms with van der Waals surface area (Å²) in [5.41, 5.74) is 1.04. The first-order chi connectivity index (χ1) is 7.16. The number of hydrogen-bond donors (Lipinski definition) is 1. The van der Waals surface area contributed by atoms with Crippen molar-refractivity contribution in [2.75, 3.05) is 20.1 Å². The molecule has 0 aliphatic carbocycles. The van der Waals surface area contributed by atoms with Gasteiger partial charge in [0, 0.05) is 18.2 Å². The van der Waals surface area contributed by atoms with E-state index in [1.165, 1.54) is 6.07 Å². The van der Waals surface area contributed by atoms with E-state index >= 15 is 0 Å². The van der Waals surface area contributed by atoms with Crippen molar-refractivity contribution in [2.45, 2.75) is 12.3 Å². The summed E-state index contributed by atoms with van der Waals surface area (Å²) in [5.74, 6) is -0.572. The first kappa shape index (κ1) is 12.6. The zero-order valence-electron chi connectivity index (χ0n) is 9.18. The van der Waals surface area contributed by atoms with Gasteiger partial charge in [-0.3, -0.25) is 0 Å². The molecule has 1 saturated heterocycles. The number of rotatable bonds is 2. The average Bonchev–Trinajstić information content (AvgIpc) is 2.65. The summed E-state index contributed by atoms with van der Waals surface area (Å²) < 4.78 is 0. The van der Waals surface area contributed by atoms with E-state index in [9.17, 15) is 4.79 Å². The van der Waals surface area contributed by atoms with Gasteiger partial charge in [-0.15, -0.1) is 0 Å². The Hall–Kier alpha value is -1.46. The first-order valence-electron chi connectivity index (χ1n) is 5.05. The summed E-state index contributed by atoms with van der Waals surface area (Å²) >= 11 is 0. The van der Waals surface area contributed by atoms with Crippen LogP contribution < -0.4 is 0 Å². The van der Waals surface area contributed by atoms with Crippen molar-refractivity contribution in [1.29, 1.82) is 0 Å². The second-order valence-electron chi connectivity index (χ2n) is 4.00. The van der Waals surface area contributed by atoms with Crippen molar-refractivity contribution in [1.82, 2.24) is 9.88 Å². The average molecular weight is 224 g/mol. The minimum atomic E-state index is -0.955. The molecule has 16 heavy (non-hydrogen) atoms. The van der Waals surface area contributed by atoms with E-state index in [0.717, 1.165) is 25.2 Å². The van der Waals surface area contributed by atoms with Crippen molar-refractivity contribution >= 4 is 5.97 Å². The van der Waals surface area contributed by atoms with Gasteiger partial charge in [-0.1, -0.05) is 6.07 Å². The molecule has 2 heterocycles. The summed E-state index contributed by atoms with van der Waals surface area (Å²) in [6.45, 7) is 2.03. The predicted octanol–water partition coefficient (Wildman–Crippen LogP) is 0.374. The molecule has 0 saturated carbocycles. The van der Waals surface area contributed by atoms with Crippen LogP contribution in [0, 0.1) is 0 Å². The van der Waals surface area contributed by atoms with E-state index in [-0.39, 0.29) is 11.2 Å². The van der Waals surface area contributed by atoms with Gasteiger partial charge in [0.1, 0.15) is 5.69 Å². The van der Waals surface area contributed by atoms with Crippen molar-refractivity contribution in [2.24, 2.45) is 0 Å². The fourth-order valence-corrected chi connectivity index (χ4v) is 1.97. The molecule has 5 nitrogen and oxygen atoms in total. The Morgan fingerprint density at radius 1 is 1.56 bits per heavy atom. The van der Waals surface area contributed by atoms with Crippen LogP contribution in [0.4, 0.5) is 0 Å². The zero-order valence-corrected chi connectivity index (χ0v) is 9.18. The molecule has 0 radical (unpaired) electrons. The molecule has 1 aliphatic rings. The Morgan fingerprint density at radius 3 is 2.88 bits per heavy atom. The number of hydrogen-bond acceptors (Lipinski definition) is 3. The highest BCUT2D eigenvalue weighted by atomic mass is 16.4. The first-order valence-corrected chi connectivity index (χ1v) is 5.05. The summed E-state index contributed by atoms with van der Waals surface area (Å²) in [7, 11) is 2.07. The monoisotopic (exact) mass is 224 g/mol. The molecule has 0 spiro atoms. The van der Waals surface area contributed by atoms with Crippen LogP contribution in [0.5, 0.6) is 0 Å². The minimum absolute atomic E-state index is 0. The maximum Gasteiger partial charge on any atom is 0.354 e. The van der Waals surface area contributed by atoms with Crippen molar-refractivity contribution in [3.63, 3.8) is 0 Å². The van der Waals surface area contributed by atoms with Gasteiger partial charge < -0.3 is 15.5 Å². The summed E-state index contributed by atoms with van der Waals surface area (Å²) in [6, 6.07) is 5.21. The lowest BCUT2D eigenvalue weighted by Gasteiger charge is -2.10. The molecule has 0 aromatic carbocycles. The van der Waals surface area contributed by atoms with Crippen LogP contribution >= 0.6 is 0 Å². The minimum Gasteiger partial charge on any atom is -0.477 e. The Labute approximate surface area is 94.0 Å². The molecular formula is C11H16N2O3. The van der Waals surface area contributed by atoms with E-state index in [0.29, 0.717) is 5.92 Å². The van der Waals surface area contributed by atoms with Crippen molar-refractivity contribution < 1.29 is 15.4 Å². The molecule has 5 heteroatoms. The number of likely N-dealkylation sites (tertiary alicyclic amines) is 1. The van der Waals surface area contributed by atoms with Gasteiger partial charge in [0.05, 0.1) is 0 Å². The molecule has 1 aromatic rings. The van der Waals surface area contributed by atoms with Gasteiger partial charge in [-0.05, 0) is 32.1 Å². The molecule has 3 N–H and O–H groups in total. The largest absolute Gasteiger partial charge is 0.477 e. The zero-order chi connectivity index (χ0) is 10.8. The Bertz CT molecular complexity index is 381. The number of aromatic nitrogens is 1. The lowest BCUT2D eigenvalue weighted by Crippen LogP contribution is -2.14. The summed E-state index contributed by atoms with van der Waals surface area (Å²) in [6.07, 6.45) is 1.06. The fourth-order valence-electron chi connectivity index (χ4n) is 1.97. The van der Waals surface area contributed by atoms with Gasteiger partial charge in [0.2, 0.25) is 0 Å². The van der Waals surface area contributed by atoms with Crippen LogP contribution in [-0.2, 0) is 0 Å². The lowest BCUT2D eigenvalue weighted by atomic mass is 10.0. The molecule has 0 amide bonds. The second-order valence-corrected chi connectivity index (χ2v) is 4.00. The highest BCUT2D eigenvalue weighted by molar-refractivity contribution is 5.85. The van der Waals surface area contributed by atoms with Gasteiger partial charge in [-0.25, -0.2) is 9.78 Å². The van der Waals surface area contributed by atoms with Crippen LogP contribution in [0.3, 0.4) is 0 Å². The third-order valence-corrected chi connectivity index (χ3v) is 2.80. The smallest absolute Gasteiger partial charge is 0.354 e. The summed E-state index contributed by atoms with van der Waals surface area (Å²) in [4.78, 5) is 17.2. The van der Waals surface area contributed by atoms with Gasteiger partial charge >= 0.3 is 5.97 Å². The maximum absolute atomic E-state index is 10.8. The topological polar surface area (TPSA) is 84.9 Å². The van der Waals surface area contributed by atoms with E-state index < -0.39 is 5.97 Å². The highest BCUT2D eigenvalue weighted by Crippen LogP contribution is 2.24. The van der Waals surface area contributed by atoms with Crippen LogP contribution in [-0.4, -0.2) is 46.6 Å². The van der Waals surface area contributed by atoms with Crippen molar-refractivity contribution in [3.8, 4) is 0 Å². The third kappa shape index (κ3) is 2.56. The van der Waals surface area contributed by atoms with Gasteiger partial charge in [-0.2, -0.15) is 0 Å². The van der Waals surface area contributed by atoms with Gasteiger partial charge in [0.25, 0.3) is 0 Å².